The van der Waals surface area contributed by atoms with E-state index >= 15 is 0 Å². The average Bonchev–Trinajstić information content (AvgIpc) is 2.95. The second-order valence-electron chi connectivity index (χ2n) is 9.48. The van der Waals surface area contributed by atoms with Crippen molar-refractivity contribution in [2.24, 2.45) is 5.73 Å². The lowest BCUT2D eigenvalue weighted by atomic mass is 9.89. The van der Waals surface area contributed by atoms with Crippen molar-refractivity contribution in [3.05, 3.63) is 93.5 Å². The summed E-state index contributed by atoms with van der Waals surface area (Å²) in [6.45, 7) is 0.298. The molecule has 2 amide bonds. The van der Waals surface area contributed by atoms with E-state index in [1.54, 1.807) is 37.4 Å². The normalized spacial score (nSPS) is 16.7. The molecule has 2 atom stereocenters. The van der Waals surface area contributed by atoms with Crippen LogP contribution in [0, 0.1) is 10.1 Å². The van der Waals surface area contributed by atoms with E-state index in [-0.39, 0.29) is 23.7 Å². The van der Waals surface area contributed by atoms with Gasteiger partial charge in [-0.3, -0.25) is 19.7 Å². The maximum Gasteiger partial charge on any atom is 0.269 e. The van der Waals surface area contributed by atoms with Crippen molar-refractivity contribution in [3.8, 4) is 11.5 Å². The molecule has 204 valence electrons. The van der Waals surface area contributed by atoms with Gasteiger partial charge in [0.2, 0.25) is 0 Å². The Balaban J connectivity index is 1.57. The quantitative estimate of drug-likeness (QED) is 0.299. The fourth-order valence-electron chi connectivity index (χ4n) is 4.88. The molecule has 1 aliphatic carbocycles. The number of nitro groups is 1. The van der Waals surface area contributed by atoms with Crippen LogP contribution in [0.25, 0.3) is 0 Å². The van der Waals surface area contributed by atoms with Gasteiger partial charge < -0.3 is 25.4 Å². The van der Waals surface area contributed by atoms with E-state index in [0.717, 1.165) is 31.2 Å². The first-order valence-electron chi connectivity index (χ1n) is 12.7. The maximum absolute atomic E-state index is 13.8. The molecule has 0 aromatic heterocycles. The number of non-ortho nitro benzene ring substituents is 1. The smallest absolute Gasteiger partial charge is 0.269 e. The summed E-state index contributed by atoms with van der Waals surface area (Å²) in [7, 11) is 3.07. The van der Waals surface area contributed by atoms with Crippen molar-refractivity contribution in [1.29, 1.82) is 0 Å². The molecule has 1 aliphatic rings. The zero-order valence-electron chi connectivity index (χ0n) is 22.0. The molecule has 1 fully saturated rings. The van der Waals surface area contributed by atoms with Crippen molar-refractivity contribution < 1.29 is 24.0 Å². The van der Waals surface area contributed by atoms with Crippen LogP contribution in [0.5, 0.6) is 11.5 Å². The first-order chi connectivity index (χ1) is 18.8. The molecule has 2 unspecified atom stereocenters. The summed E-state index contributed by atoms with van der Waals surface area (Å²) in [6, 6.07) is 17.5. The summed E-state index contributed by atoms with van der Waals surface area (Å²) < 4.78 is 10.7. The number of nitrogens with two attached hydrogens (primary N) is 1. The number of nitrogens with one attached hydrogen (secondary N) is 1. The van der Waals surface area contributed by atoms with Gasteiger partial charge in [0.25, 0.3) is 17.5 Å². The van der Waals surface area contributed by atoms with E-state index in [1.807, 2.05) is 17.0 Å². The van der Waals surface area contributed by atoms with Gasteiger partial charge in [0.15, 0.2) is 11.5 Å². The third-order valence-corrected chi connectivity index (χ3v) is 6.95. The molecule has 3 N–H and O–H groups in total. The fourth-order valence-corrected chi connectivity index (χ4v) is 4.88. The molecule has 1 saturated carbocycles. The van der Waals surface area contributed by atoms with Gasteiger partial charge in [-0.1, -0.05) is 25.0 Å². The lowest BCUT2D eigenvalue weighted by molar-refractivity contribution is -0.384. The zero-order valence-corrected chi connectivity index (χ0v) is 22.0. The highest BCUT2D eigenvalue weighted by Gasteiger charge is 2.32. The molecule has 39 heavy (non-hydrogen) atoms. The van der Waals surface area contributed by atoms with E-state index in [2.05, 4.69) is 5.32 Å². The van der Waals surface area contributed by atoms with E-state index < -0.39 is 10.8 Å². The molecule has 10 nitrogen and oxygen atoms in total. The second-order valence-corrected chi connectivity index (χ2v) is 9.48. The summed E-state index contributed by atoms with van der Waals surface area (Å²) in [4.78, 5) is 38.8. The number of hydrogen-bond donors (Lipinski definition) is 2. The van der Waals surface area contributed by atoms with Crippen molar-refractivity contribution in [3.63, 3.8) is 0 Å². The summed E-state index contributed by atoms with van der Waals surface area (Å²) in [6.07, 6.45) is 3.65. The predicted octanol–water partition coefficient (Wildman–Crippen LogP) is 4.78. The van der Waals surface area contributed by atoms with Crippen LogP contribution in [0.15, 0.2) is 66.7 Å². The maximum atomic E-state index is 13.8. The largest absolute Gasteiger partial charge is 0.493 e. The minimum atomic E-state index is -0.515. The van der Waals surface area contributed by atoms with Crippen molar-refractivity contribution in [2.45, 2.75) is 44.3 Å². The van der Waals surface area contributed by atoms with E-state index in [9.17, 15) is 19.7 Å². The van der Waals surface area contributed by atoms with E-state index in [4.69, 9.17) is 15.2 Å². The van der Waals surface area contributed by atoms with Crippen LogP contribution >= 0.6 is 0 Å². The Kier molecular flexibility index (Phi) is 8.77. The van der Waals surface area contributed by atoms with Gasteiger partial charge in [0.05, 0.1) is 19.1 Å². The summed E-state index contributed by atoms with van der Waals surface area (Å²) >= 11 is 0. The molecule has 3 aromatic carbocycles. The van der Waals surface area contributed by atoms with Crippen LogP contribution in [0.4, 0.5) is 11.4 Å². The molecule has 0 heterocycles. The number of nitrogens with zero attached hydrogens (tertiary/aromatic N) is 2. The highest BCUT2D eigenvalue weighted by atomic mass is 16.6. The molecule has 10 heteroatoms. The van der Waals surface area contributed by atoms with Crippen molar-refractivity contribution in [2.75, 3.05) is 19.5 Å². The average molecular weight is 533 g/mol. The minimum absolute atomic E-state index is 0.0892. The Hall–Kier alpha value is -4.44. The Morgan fingerprint density at radius 3 is 2.33 bits per heavy atom. The number of nitro benzene ring substituents is 1. The third-order valence-electron chi connectivity index (χ3n) is 6.95. The zero-order chi connectivity index (χ0) is 27.9. The van der Waals surface area contributed by atoms with Gasteiger partial charge in [-0.2, -0.15) is 0 Å². The molecule has 0 radical (unpaired) electrons. The Morgan fingerprint density at radius 2 is 1.67 bits per heavy atom. The summed E-state index contributed by atoms with van der Waals surface area (Å²) in [5, 5.41) is 13.7. The van der Waals surface area contributed by atoms with E-state index in [1.165, 1.54) is 31.4 Å². The summed E-state index contributed by atoms with van der Waals surface area (Å²) in [5.74, 6) is 0.437. The molecular formula is C29H32N4O6. The number of ether oxygens (including phenoxy) is 2. The molecule has 0 spiro atoms. The number of hydrogen-bond acceptors (Lipinski definition) is 7. The molecule has 3 aromatic rings. The predicted molar refractivity (Wildman–Crippen MR) is 147 cm³/mol. The summed E-state index contributed by atoms with van der Waals surface area (Å²) in [5.41, 5.74) is 8.54. The highest BCUT2D eigenvalue weighted by Crippen LogP contribution is 2.31. The first kappa shape index (κ1) is 27.6. The third kappa shape index (κ3) is 6.53. The fraction of sp³-hybridized carbons (Fsp3) is 0.310. The molecule has 0 saturated heterocycles. The van der Waals surface area contributed by atoms with Gasteiger partial charge in [-0.15, -0.1) is 0 Å². The highest BCUT2D eigenvalue weighted by molar-refractivity contribution is 6.04. The first-order valence-corrected chi connectivity index (χ1v) is 12.7. The minimum Gasteiger partial charge on any atom is -0.493 e. The Labute approximate surface area is 226 Å². The van der Waals surface area contributed by atoms with Crippen LogP contribution in [0.3, 0.4) is 0 Å². The molecule has 0 aliphatic heterocycles. The number of methoxy groups -OCH3 is 2. The van der Waals surface area contributed by atoms with Crippen LogP contribution in [-0.2, 0) is 6.54 Å². The van der Waals surface area contributed by atoms with Gasteiger partial charge >= 0.3 is 0 Å². The van der Waals surface area contributed by atoms with Crippen molar-refractivity contribution in [1.82, 2.24) is 4.90 Å². The van der Waals surface area contributed by atoms with Crippen LogP contribution in [0.2, 0.25) is 0 Å². The van der Waals surface area contributed by atoms with Gasteiger partial charge in [-0.05, 0) is 60.9 Å². The molecular weight excluding hydrogens is 500 g/mol. The SMILES string of the molecule is COc1ccc(C(=O)N(Cc2cccc(NC(=O)c3ccc([N+](=O)[O-])cc3)c2)C2CCCCC2N)cc1OC. The second kappa shape index (κ2) is 12.4. The number of carbonyl (C=O) groups is 2. The van der Waals surface area contributed by atoms with Crippen LogP contribution in [-0.4, -0.2) is 47.9 Å². The van der Waals surface area contributed by atoms with Gasteiger partial charge in [0.1, 0.15) is 0 Å². The topological polar surface area (TPSA) is 137 Å². The molecule has 4 rings (SSSR count). The number of carbonyl (C=O) groups excluding carboxylic acids is 2. The number of amides is 2. The van der Waals surface area contributed by atoms with Gasteiger partial charge in [0, 0.05) is 47.6 Å². The van der Waals surface area contributed by atoms with Crippen LogP contribution < -0.4 is 20.5 Å². The van der Waals surface area contributed by atoms with Gasteiger partial charge in [-0.25, -0.2) is 0 Å². The lowest BCUT2D eigenvalue weighted by Crippen LogP contribution is -2.51. The standard InChI is InChI=1S/C29H32N4O6/c1-38-26-15-12-21(17-27(26)39-2)29(35)32(25-9-4-3-8-24(25)30)18-19-6-5-7-22(16-19)31-28(34)20-10-13-23(14-11-20)33(36)37/h5-7,10-17,24-25H,3-4,8-9,18,30H2,1-2H3,(H,31,34). The lowest BCUT2D eigenvalue weighted by Gasteiger charge is -2.38. The number of benzene rings is 3. The van der Waals surface area contributed by atoms with E-state index in [0.29, 0.717) is 34.9 Å². The van der Waals surface area contributed by atoms with Crippen molar-refractivity contribution >= 4 is 23.2 Å². The molecule has 0 bridgehead atoms. The Bertz CT molecular complexity index is 1340. The number of rotatable bonds is 9. The number of anilines is 1. The van der Waals surface area contributed by atoms with Crippen LogP contribution in [0.1, 0.15) is 52.0 Å². The monoisotopic (exact) mass is 532 g/mol. The Morgan fingerprint density at radius 1 is 0.974 bits per heavy atom.